The highest BCUT2D eigenvalue weighted by Crippen LogP contribution is 2.31. The molecule has 24 heteroatoms. The van der Waals surface area contributed by atoms with Gasteiger partial charge < -0.3 is 34.3 Å². The van der Waals surface area contributed by atoms with E-state index in [0.717, 1.165) is 39.0 Å². The third-order valence-corrected chi connectivity index (χ3v) is 9.55. The van der Waals surface area contributed by atoms with Crippen LogP contribution in [0.1, 0.15) is 44.7 Å². The first-order valence-corrected chi connectivity index (χ1v) is 21.0. The molecule has 0 aliphatic carbocycles. The molecule has 4 heterocycles. The molecule has 0 fully saturated rings. The predicted octanol–water partition coefficient (Wildman–Crippen LogP) is 5.48. The second-order valence-electron chi connectivity index (χ2n) is 14.3. The normalized spacial score (nSPS) is 12.1. The zero-order valence-electron chi connectivity index (χ0n) is 36.8. The number of aliphatic hydroxyl groups excluding tert-OH is 3. The molecule has 0 saturated carbocycles. The molecule has 0 atom stereocenters. The Hall–Kier alpha value is -7.18. The smallest absolute Gasteiger partial charge is 0.442 e. The molecule has 1 aliphatic heterocycles. The van der Waals surface area contributed by atoms with Crippen LogP contribution >= 0.6 is 0 Å². The summed E-state index contributed by atoms with van der Waals surface area (Å²) in [6.07, 6.45) is -9.29. The number of aromatic nitrogens is 6. The summed E-state index contributed by atoms with van der Waals surface area (Å²) in [5, 5.41) is 25.8. The first kappa shape index (κ1) is 51.8. The number of aliphatic imine (C=N–C) groups is 1. The number of aliphatic hydroxyl groups is 3. The molecule has 68 heavy (non-hydrogen) atoms. The minimum absolute atomic E-state index is 0.00707. The van der Waals surface area contributed by atoms with Crippen molar-refractivity contribution in [2.24, 2.45) is 4.99 Å². The van der Waals surface area contributed by atoms with Crippen LogP contribution in [0.3, 0.4) is 0 Å². The monoisotopic (exact) mass is 963 g/mol. The van der Waals surface area contributed by atoms with Gasteiger partial charge in [0.1, 0.15) is 28.8 Å². The van der Waals surface area contributed by atoms with Gasteiger partial charge in [-0.3, -0.25) is 32.4 Å². The molecule has 18 nitrogen and oxygen atoms in total. The van der Waals surface area contributed by atoms with Crippen molar-refractivity contribution in [1.82, 2.24) is 27.8 Å². The molecule has 0 radical (unpaired) electrons. The lowest BCUT2D eigenvalue weighted by molar-refractivity contribution is -0.275. The Balaban J connectivity index is 0.000000245. The molecular formula is C44H47F6N7O11. The Labute approximate surface area is 381 Å². The summed E-state index contributed by atoms with van der Waals surface area (Å²) in [4.78, 5) is 60.2. The minimum atomic E-state index is -4.88. The average Bonchev–Trinajstić information content (AvgIpc) is 3.85. The van der Waals surface area contributed by atoms with Crippen LogP contribution in [0.2, 0.25) is 0 Å². The van der Waals surface area contributed by atoms with E-state index in [2.05, 4.69) is 19.5 Å². The van der Waals surface area contributed by atoms with Crippen molar-refractivity contribution < 1.29 is 60.6 Å². The Morgan fingerprint density at radius 3 is 1.63 bits per heavy atom. The number of halogens is 6. The van der Waals surface area contributed by atoms with Crippen molar-refractivity contribution in [2.75, 3.05) is 19.8 Å². The number of hydrogen-bond donors (Lipinski definition) is 3. The highest BCUT2D eigenvalue weighted by Gasteiger charge is 2.33. The summed E-state index contributed by atoms with van der Waals surface area (Å²) in [6, 6.07) is 18.9. The Bertz CT molecular complexity index is 2940. The summed E-state index contributed by atoms with van der Waals surface area (Å²) in [7, 11) is 0. The van der Waals surface area contributed by atoms with Gasteiger partial charge in [-0.25, -0.2) is 9.59 Å². The second-order valence-corrected chi connectivity index (χ2v) is 14.3. The third-order valence-electron chi connectivity index (χ3n) is 9.55. The van der Waals surface area contributed by atoms with Gasteiger partial charge in [0, 0.05) is 58.1 Å². The zero-order valence-corrected chi connectivity index (χ0v) is 36.8. The fourth-order valence-corrected chi connectivity index (χ4v) is 6.79. The fourth-order valence-electron chi connectivity index (χ4n) is 6.79. The third kappa shape index (κ3) is 13.0. The lowest BCUT2D eigenvalue weighted by atomic mass is 10.2. The largest absolute Gasteiger partial charge is 0.573 e. The maximum Gasteiger partial charge on any atom is 0.573 e. The second kappa shape index (κ2) is 23.0. The van der Waals surface area contributed by atoms with Gasteiger partial charge in [-0.1, -0.05) is 42.5 Å². The summed E-state index contributed by atoms with van der Waals surface area (Å²) in [6.45, 7) is 5.66. The summed E-state index contributed by atoms with van der Waals surface area (Å²) < 4.78 is 101. The molecule has 366 valence electrons. The van der Waals surface area contributed by atoms with Crippen molar-refractivity contribution in [2.45, 2.75) is 85.5 Å². The van der Waals surface area contributed by atoms with Gasteiger partial charge in [0.05, 0.1) is 18.5 Å². The zero-order chi connectivity index (χ0) is 49.8. The number of fused-ring (bicyclic) bond motifs is 2. The topological polar surface area (TPSA) is 216 Å². The van der Waals surface area contributed by atoms with Crippen LogP contribution in [-0.2, 0) is 39.1 Å². The van der Waals surface area contributed by atoms with E-state index in [1.165, 1.54) is 38.0 Å². The van der Waals surface area contributed by atoms with Crippen LogP contribution in [0.15, 0.2) is 103 Å². The molecule has 0 amide bonds. The van der Waals surface area contributed by atoms with Crippen molar-refractivity contribution in [1.29, 1.82) is 0 Å². The van der Waals surface area contributed by atoms with Crippen LogP contribution in [0.25, 0.3) is 11.2 Å². The average molecular weight is 964 g/mol. The number of hydrogen-bond acceptors (Lipinski definition) is 13. The highest BCUT2D eigenvalue weighted by molar-refractivity contribution is 5.88. The molecule has 7 rings (SSSR count). The van der Waals surface area contributed by atoms with Crippen molar-refractivity contribution in [3.05, 3.63) is 132 Å². The molecule has 3 N–H and O–H groups in total. The SMILES string of the molecule is CCO.CCn1c(=O)n(CCCO)c(=O)c2c1nc(Oc1cccc(OC(F)(F)F)c1)n2Cc1ccccc1.CCn1c2c(c(=O)n(CCCO)c1=O)CC(Oc1cccc(OC(F)(F)F)c1)=N2. The summed E-state index contributed by atoms with van der Waals surface area (Å²) in [5.74, 6) is -0.662. The molecule has 0 unspecified atom stereocenters. The van der Waals surface area contributed by atoms with Gasteiger partial charge in [0.15, 0.2) is 11.2 Å². The number of rotatable bonds is 15. The lowest BCUT2D eigenvalue weighted by Crippen LogP contribution is -2.41. The van der Waals surface area contributed by atoms with Crippen LogP contribution in [0, 0.1) is 0 Å². The van der Waals surface area contributed by atoms with Gasteiger partial charge in [0.2, 0.25) is 5.90 Å². The van der Waals surface area contributed by atoms with E-state index in [0.29, 0.717) is 0 Å². The molecule has 0 spiro atoms. The highest BCUT2D eigenvalue weighted by atomic mass is 19.4. The Morgan fingerprint density at radius 2 is 1.12 bits per heavy atom. The number of ether oxygens (including phenoxy) is 4. The number of nitrogens with zero attached hydrogens (tertiary/aromatic N) is 7. The van der Waals surface area contributed by atoms with Crippen LogP contribution in [0.4, 0.5) is 32.2 Å². The van der Waals surface area contributed by atoms with E-state index in [-0.39, 0.29) is 118 Å². The van der Waals surface area contributed by atoms with Gasteiger partial charge in [-0.05, 0) is 63.4 Å². The number of aryl methyl sites for hydroxylation is 1. The molecule has 6 aromatic rings. The maximum atomic E-state index is 13.4. The quantitative estimate of drug-likeness (QED) is 0.109. The lowest BCUT2D eigenvalue weighted by Gasteiger charge is -2.13. The first-order valence-electron chi connectivity index (χ1n) is 21.0. The molecule has 0 saturated heterocycles. The Kier molecular flexibility index (Phi) is 17.5. The van der Waals surface area contributed by atoms with E-state index >= 15 is 0 Å². The maximum absolute atomic E-state index is 13.4. The van der Waals surface area contributed by atoms with Gasteiger partial charge in [0.25, 0.3) is 11.1 Å². The minimum Gasteiger partial charge on any atom is -0.442 e. The molecule has 1 aliphatic rings. The van der Waals surface area contributed by atoms with Crippen molar-refractivity contribution >= 4 is 22.9 Å². The summed E-state index contributed by atoms with van der Waals surface area (Å²) >= 11 is 0. The molecule has 3 aromatic carbocycles. The molecule has 3 aromatic heterocycles. The van der Waals surface area contributed by atoms with Crippen LogP contribution < -0.4 is 41.4 Å². The van der Waals surface area contributed by atoms with E-state index in [4.69, 9.17) is 19.7 Å². The fraction of sp³-hybridized carbons (Fsp3) is 0.364. The molecular weight excluding hydrogens is 917 g/mol. The molecule has 0 bridgehead atoms. The number of imidazole rings is 1. The van der Waals surface area contributed by atoms with Crippen LogP contribution in [0.5, 0.6) is 29.0 Å². The van der Waals surface area contributed by atoms with E-state index in [1.807, 2.05) is 30.3 Å². The summed E-state index contributed by atoms with van der Waals surface area (Å²) in [5.41, 5.74) is -1.04. The van der Waals surface area contributed by atoms with E-state index in [1.54, 1.807) is 20.8 Å². The van der Waals surface area contributed by atoms with Crippen molar-refractivity contribution in [3.8, 4) is 29.0 Å². The number of benzene rings is 3. The van der Waals surface area contributed by atoms with Gasteiger partial charge in [-0.2, -0.15) is 9.98 Å². The van der Waals surface area contributed by atoms with E-state index in [9.17, 15) is 50.6 Å². The van der Waals surface area contributed by atoms with E-state index < -0.39 is 46.7 Å². The van der Waals surface area contributed by atoms with Gasteiger partial charge in [-0.15, -0.1) is 26.3 Å². The van der Waals surface area contributed by atoms with Gasteiger partial charge >= 0.3 is 30.1 Å². The Morgan fingerprint density at radius 1 is 0.618 bits per heavy atom. The predicted molar refractivity (Wildman–Crippen MR) is 234 cm³/mol. The first-order chi connectivity index (χ1) is 32.4. The standard InChI is InChI=1S/C24H23F3N4O5.C18H18F3N3O5.C2H6O/c1-2-29-20-19(21(33)30(23(29)34)12-7-13-32)31(15-16-8-4-3-5-9-16)22(28-20)35-17-10-6-11-18(14-17)36-24(25,26)27;1-2-23-15-13(16(26)24(17(23)27)7-4-8-25)10-14(22-15)28-11-5-3-6-12(9-11)29-18(19,20)21;1-2-3/h3-6,8-11,14,32H,2,7,12-13,15H2,1H3;3,5-6,9,25H,2,4,7-8,10H2,1H3;3H,2H2,1H3. The van der Waals surface area contributed by atoms with Crippen molar-refractivity contribution in [3.63, 3.8) is 0 Å². The van der Waals surface area contributed by atoms with Crippen LogP contribution in [-0.4, -0.2) is 81.6 Å². The number of alkyl halides is 6.